The van der Waals surface area contributed by atoms with Crippen LogP contribution >= 0.6 is 11.6 Å². The number of hydrogen-bond donors (Lipinski definition) is 2. The molecule has 0 aromatic heterocycles. The molecule has 0 radical (unpaired) electrons. The molecule has 0 aliphatic heterocycles. The van der Waals surface area contributed by atoms with E-state index < -0.39 is 0 Å². The third-order valence-corrected chi connectivity index (χ3v) is 3.21. The Hall–Kier alpha value is -2.51. The monoisotopic (exact) mass is 285 g/mol. The van der Waals surface area contributed by atoms with Crippen LogP contribution in [-0.2, 0) is 0 Å². The van der Waals surface area contributed by atoms with Crippen molar-refractivity contribution in [3.63, 3.8) is 0 Å². The molecule has 0 fully saturated rings. The average molecular weight is 286 g/mol. The summed E-state index contributed by atoms with van der Waals surface area (Å²) < 4.78 is 0. The molecule has 0 unspecified atom stereocenters. The van der Waals surface area contributed by atoms with Gasteiger partial charge in [0.15, 0.2) is 0 Å². The molecule has 0 heterocycles. The van der Waals surface area contributed by atoms with Gasteiger partial charge in [0.05, 0.1) is 22.3 Å². The Labute approximate surface area is 121 Å². The number of nitrogens with zero attached hydrogens (tertiary/aromatic N) is 1. The highest BCUT2D eigenvalue weighted by Crippen LogP contribution is 2.24. The van der Waals surface area contributed by atoms with Crippen LogP contribution in [0.1, 0.15) is 21.5 Å². The maximum absolute atomic E-state index is 12.1. The van der Waals surface area contributed by atoms with Crippen LogP contribution in [0.25, 0.3) is 0 Å². The molecule has 0 bridgehead atoms. The lowest BCUT2D eigenvalue weighted by atomic mass is 10.1. The Morgan fingerprint density at radius 3 is 2.70 bits per heavy atom. The zero-order valence-corrected chi connectivity index (χ0v) is 11.5. The fourth-order valence-corrected chi connectivity index (χ4v) is 1.83. The van der Waals surface area contributed by atoms with Gasteiger partial charge >= 0.3 is 0 Å². The lowest BCUT2D eigenvalue weighted by molar-refractivity contribution is 0.102. The predicted octanol–water partition coefficient (Wildman–Crippen LogP) is 3.35. The third kappa shape index (κ3) is 2.90. The molecule has 2 aromatic carbocycles. The predicted molar refractivity (Wildman–Crippen MR) is 79.7 cm³/mol. The van der Waals surface area contributed by atoms with Crippen molar-refractivity contribution >= 4 is 28.9 Å². The minimum atomic E-state index is -0.325. The molecular formula is C15H12ClN3O. The highest BCUT2D eigenvalue weighted by atomic mass is 35.5. The highest BCUT2D eigenvalue weighted by Gasteiger charge is 2.10. The molecular weight excluding hydrogens is 274 g/mol. The Kier molecular flexibility index (Phi) is 3.92. The van der Waals surface area contributed by atoms with Gasteiger partial charge in [-0.25, -0.2) is 0 Å². The normalized spacial score (nSPS) is 9.85. The highest BCUT2D eigenvalue weighted by molar-refractivity contribution is 6.34. The third-order valence-electron chi connectivity index (χ3n) is 2.89. The van der Waals surface area contributed by atoms with Crippen molar-refractivity contribution in [1.29, 1.82) is 5.26 Å². The number of nitrogens with two attached hydrogens (primary N) is 1. The summed E-state index contributed by atoms with van der Waals surface area (Å²) in [4.78, 5) is 12.1. The van der Waals surface area contributed by atoms with E-state index in [0.717, 1.165) is 5.56 Å². The molecule has 4 nitrogen and oxygen atoms in total. The fourth-order valence-electron chi connectivity index (χ4n) is 1.67. The van der Waals surface area contributed by atoms with E-state index in [-0.39, 0.29) is 5.91 Å². The van der Waals surface area contributed by atoms with E-state index in [9.17, 15) is 4.79 Å². The molecule has 0 saturated carbocycles. The smallest absolute Gasteiger partial charge is 0.255 e. The summed E-state index contributed by atoms with van der Waals surface area (Å²) in [5.74, 6) is -0.325. The van der Waals surface area contributed by atoms with Gasteiger partial charge in [-0.1, -0.05) is 17.7 Å². The summed E-state index contributed by atoms with van der Waals surface area (Å²) in [7, 11) is 0. The number of anilines is 2. The topological polar surface area (TPSA) is 78.9 Å². The summed E-state index contributed by atoms with van der Waals surface area (Å²) >= 11 is 5.99. The molecule has 2 rings (SSSR count). The molecule has 0 aliphatic carbocycles. The molecule has 20 heavy (non-hydrogen) atoms. The van der Waals surface area contributed by atoms with Gasteiger partial charge < -0.3 is 11.1 Å². The van der Waals surface area contributed by atoms with Gasteiger partial charge in [-0.05, 0) is 42.8 Å². The van der Waals surface area contributed by atoms with Gasteiger partial charge in [-0.15, -0.1) is 0 Å². The van der Waals surface area contributed by atoms with Crippen LogP contribution in [0.4, 0.5) is 11.4 Å². The van der Waals surface area contributed by atoms with Crippen LogP contribution in [0.15, 0.2) is 36.4 Å². The zero-order chi connectivity index (χ0) is 14.7. The van der Waals surface area contributed by atoms with Crippen LogP contribution in [0.2, 0.25) is 5.02 Å². The Bertz CT molecular complexity index is 720. The molecule has 0 aliphatic rings. The molecule has 0 spiro atoms. The van der Waals surface area contributed by atoms with E-state index >= 15 is 0 Å². The van der Waals surface area contributed by atoms with Crippen LogP contribution in [0.3, 0.4) is 0 Å². The van der Waals surface area contributed by atoms with Gasteiger partial charge in [0.25, 0.3) is 5.91 Å². The molecule has 0 atom stereocenters. The van der Waals surface area contributed by atoms with E-state index in [1.165, 1.54) is 6.07 Å². The quantitative estimate of drug-likeness (QED) is 0.831. The zero-order valence-electron chi connectivity index (χ0n) is 10.8. The SMILES string of the molecule is Cc1ccc(C(=O)Nc2cc(C#N)ccc2Cl)cc1N. The second-order valence-corrected chi connectivity index (χ2v) is 4.74. The molecule has 2 aromatic rings. The Morgan fingerprint density at radius 2 is 2.05 bits per heavy atom. The van der Waals surface area contributed by atoms with Crippen LogP contribution in [0.5, 0.6) is 0 Å². The van der Waals surface area contributed by atoms with Gasteiger partial charge in [-0.3, -0.25) is 4.79 Å². The summed E-state index contributed by atoms with van der Waals surface area (Å²) in [5.41, 5.74) is 8.50. The summed E-state index contributed by atoms with van der Waals surface area (Å²) in [5, 5.41) is 11.9. The lowest BCUT2D eigenvalue weighted by Gasteiger charge is -2.09. The van der Waals surface area contributed by atoms with E-state index in [4.69, 9.17) is 22.6 Å². The first-order valence-corrected chi connectivity index (χ1v) is 6.26. The molecule has 100 valence electrons. The lowest BCUT2D eigenvalue weighted by Crippen LogP contribution is -2.13. The second kappa shape index (κ2) is 5.64. The van der Waals surface area contributed by atoms with Gasteiger partial charge in [0.2, 0.25) is 0 Å². The maximum atomic E-state index is 12.1. The van der Waals surface area contributed by atoms with Crippen molar-refractivity contribution in [2.45, 2.75) is 6.92 Å². The van der Waals surface area contributed by atoms with Gasteiger partial charge in [0, 0.05) is 11.3 Å². The standard InChI is InChI=1S/C15H12ClN3O/c1-9-2-4-11(7-13(9)18)15(20)19-14-6-10(8-17)3-5-12(14)16/h2-7H,18H2,1H3,(H,19,20). The number of hydrogen-bond acceptors (Lipinski definition) is 3. The minimum Gasteiger partial charge on any atom is -0.398 e. The van der Waals surface area contributed by atoms with Crippen molar-refractivity contribution in [2.24, 2.45) is 0 Å². The van der Waals surface area contributed by atoms with E-state index in [2.05, 4.69) is 5.32 Å². The Balaban J connectivity index is 2.28. The van der Waals surface area contributed by atoms with Crippen molar-refractivity contribution in [3.8, 4) is 6.07 Å². The number of nitriles is 1. The molecule has 1 amide bonds. The number of aryl methyl sites for hydroxylation is 1. The van der Waals surface area contributed by atoms with Gasteiger partial charge in [0.1, 0.15) is 0 Å². The first-order chi connectivity index (χ1) is 9.51. The summed E-state index contributed by atoms with van der Waals surface area (Å²) in [6, 6.07) is 11.7. The number of carbonyl (C=O) groups excluding carboxylic acids is 1. The van der Waals surface area contributed by atoms with Crippen molar-refractivity contribution in [1.82, 2.24) is 0 Å². The van der Waals surface area contributed by atoms with Crippen LogP contribution in [-0.4, -0.2) is 5.91 Å². The largest absolute Gasteiger partial charge is 0.398 e. The number of carbonyl (C=O) groups is 1. The number of nitrogen functional groups attached to an aromatic ring is 1. The number of benzene rings is 2. The molecule has 0 saturated heterocycles. The molecule has 3 N–H and O–H groups in total. The van der Waals surface area contributed by atoms with E-state index in [0.29, 0.717) is 27.5 Å². The van der Waals surface area contributed by atoms with Gasteiger partial charge in [-0.2, -0.15) is 5.26 Å². The first kappa shape index (κ1) is 13.9. The Morgan fingerprint density at radius 1 is 1.30 bits per heavy atom. The van der Waals surface area contributed by atoms with Crippen LogP contribution in [0, 0.1) is 18.3 Å². The number of nitrogens with one attached hydrogen (secondary N) is 1. The second-order valence-electron chi connectivity index (χ2n) is 4.33. The number of amides is 1. The number of halogens is 1. The number of rotatable bonds is 2. The van der Waals surface area contributed by atoms with Crippen LogP contribution < -0.4 is 11.1 Å². The van der Waals surface area contributed by atoms with Crippen molar-refractivity contribution in [3.05, 3.63) is 58.1 Å². The van der Waals surface area contributed by atoms with Crippen molar-refractivity contribution in [2.75, 3.05) is 11.1 Å². The summed E-state index contributed by atoms with van der Waals surface area (Å²) in [6.07, 6.45) is 0. The first-order valence-electron chi connectivity index (χ1n) is 5.88. The fraction of sp³-hybridized carbons (Fsp3) is 0.0667. The van der Waals surface area contributed by atoms with Crippen molar-refractivity contribution < 1.29 is 4.79 Å². The summed E-state index contributed by atoms with van der Waals surface area (Å²) in [6.45, 7) is 1.87. The minimum absolute atomic E-state index is 0.325. The maximum Gasteiger partial charge on any atom is 0.255 e. The average Bonchev–Trinajstić information content (AvgIpc) is 2.44. The van der Waals surface area contributed by atoms with E-state index in [1.54, 1.807) is 30.3 Å². The molecule has 5 heteroatoms. The van der Waals surface area contributed by atoms with E-state index in [1.807, 2.05) is 13.0 Å².